The number of benzene rings is 1. The zero-order valence-electron chi connectivity index (χ0n) is 12.9. The summed E-state index contributed by atoms with van der Waals surface area (Å²) >= 11 is 0. The molecule has 8 nitrogen and oxygen atoms in total. The highest BCUT2D eigenvalue weighted by molar-refractivity contribution is 5.77. The Morgan fingerprint density at radius 2 is 1.79 bits per heavy atom. The topological polar surface area (TPSA) is 91.2 Å². The zero-order valence-corrected chi connectivity index (χ0v) is 12.9. The normalized spacial score (nSPS) is 15.0. The van der Waals surface area contributed by atoms with Gasteiger partial charge in [-0.3, -0.25) is 10.1 Å². The molecule has 0 radical (unpaired) electrons. The first-order valence-corrected chi connectivity index (χ1v) is 7.76. The number of hydrogen-bond donors (Lipinski definition) is 1. The summed E-state index contributed by atoms with van der Waals surface area (Å²) < 4.78 is 0. The van der Waals surface area contributed by atoms with Crippen molar-refractivity contribution < 1.29 is 4.92 Å². The van der Waals surface area contributed by atoms with E-state index in [4.69, 9.17) is 0 Å². The van der Waals surface area contributed by atoms with Crippen LogP contribution in [-0.2, 0) is 0 Å². The molecule has 122 valence electrons. The highest BCUT2D eigenvalue weighted by Gasteiger charge is 2.21. The van der Waals surface area contributed by atoms with E-state index >= 15 is 0 Å². The predicted octanol–water partition coefficient (Wildman–Crippen LogP) is 2.19. The number of aromatic amines is 1. The first kappa shape index (κ1) is 14.4. The van der Waals surface area contributed by atoms with Crippen molar-refractivity contribution in [3.8, 4) is 0 Å². The standard InChI is InChI=1S/C16H16N6O2/c23-22(24)12-5-6-15(17-11-12)20-7-9-21(10-8-20)16-18-13-3-1-2-4-14(13)19-16/h1-6,11H,7-10H2,(H,18,19). The van der Waals surface area contributed by atoms with E-state index in [0.29, 0.717) is 0 Å². The first-order chi connectivity index (χ1) is 11.7. The second-order valence-electron chi connectivity index (χ2n) is 5.68. The maximum absolute atomic E-state index is 10.7. The molecule has 1 fully saturated rings. The number of fused-ring (bicyclic) bond motifs is 1. The number of aromatic nitrogens is 3. The number of imidazole rings is 1. The number of para-hydroxylation sites is 2. The number of nitrogens with one attached hydrogen (secondary N) is 1. The van der Waals surface area contributed by atoms with Crippen LogP contribution in [0.25, 0.3) is 11.0 Å². The Kier molecular flexibility index (Phi) is 3.49. The number of nitrogens with zero attached hydrogens (tertiary/aromatic N) is 5. The van der Waals surface area contributed by atoms with Crippen molar-refractivity contribution in [2.75, 3.05) is 36.0 Å². The van der Waals surface area contributed by atoms with Crippen LogP contribution in [0.3, 0.4) is 0 Å². The van der Waals surface area contributed by atoms with Crippen molar-refractivity contribution in [3.05, 3.63) is 52.7 Å². The van der Waals surface area contributed by atoms with Crippen LogP contribution in [0, 0.1) is 10.1 Å². The Morgan fingerprint density at radius 3 is 2.46 bits per heavy atom. The molecule has 1 aliphatic heterocycles. The Hall–Kier alpha value is -3.16. The SMILES string of the molecule is O=[N+]([O-])c1ccc(N2CCN(c3nc4ccccc4[nH]3)CC2)nc1. The molecule has 1 saturated heterocycles. The lowest BCUT2D eigenvalue weighted by atomic mass is 10.3. The average Bonchev–Trinajstić information content (AvgIpc) is 3.06. The van der Waals surface area contributed by atoms with E-state index < -0.39 is 4.92 Å². The lowest BCUT2D eigenvalue weighted by molar-refractivity contribution is -0.385. The molecule has 0 aliphatic carbocycles. The van der Waals surface area contributed by atoms with Gasteiger partial charge in [0.05, 0.1) is 16.0 Å². The smallest absolute Gasteiger partial charge is 0.287 e. The third kappa shape index (κ3) is 2.62. The number of H-pyrrole nitrogens is 1. The minimum absolute atomic E-state index is 0.0136. The fraction of sp³-hybridized carbons (Fsp3) is 0.250. The summed E-state index contributed by atoms with van der Waals surface area (Å²) in [4.78, 5) is 26.8. The summed E-state index contributed by atoms with van der Waals surface area (Å²) in [6.07, 6.45) is 1.31. The molecule has 0 spiro atoms. The number of hydrogen-bond acceptors (Lipinski definition) is 6. The molecule has 4 rings (SSSR count). The van der Waals surface area contributed by atoms with Crippen molar-refractivity contribution in [2.45, 2.75) is 0 Å². The number of pyridine rings is 1. The monoisotopic (exact) mass is 324 g/mol. The van der Waals surface area contributed by atoms with Gasteiger partial charge in [-0.15, -0.1) is 0 Å². The molecular weight excluding hydrogens is 308 g/mol. The molecule has 0 atom stereocenters. The molecule has 0 unspecified atom stereocenters. The van der Waals surface area contributed by atoms with Crippen molar-refractivity contribution in [1.29, 1.82) is 0 Å². The van der Waals surface area contributed by atoms with Crippen LogP contribution in [0.4, 0.5) is 17.5 Å². The van der Waals surface area contributed by atoms with E-state index in [1.807, 2.05) is 24.3 Å². The molecule has 1 N–H and O–H groups in total. The fourth-order valence-electron chi connectivity index (χ4n) is 2.91. The van der Waals surface area contributed by atoms with Crippen LogP contribution in [0.1, 0.15) is 0 Å². The lowest BCUT2D eigenvalue weighted by Crippen LogP contribution is -2.47. The van der Waals surface area contributed by atoms with Gasteiger partial charge in [-0.1, -0.05) is 12.1 Å². The minimum atomic E-state index is -0.434. The molecule has 2 aromatic heterocycles. The Bertz CT molecular complexity index is 835. The first-order valence-electron chi connectivity index (χ1n) is 7.76. The van der Waals surface area contributed by atoms with Crippen molar-refractivity contribution in [1.82, 2.24) is 15.0 Å². The Balaban J connectivity index is 1.45. The molecule has 0 bridgehead atoms. The van der Waals surface area contributed by atoms with Gasteiger partial charge in [-0.05, 0) is 18.2 Å². The predicted molar refractivity (Wildman–Crippen MR) is 91.4 cm³/mol. The van der Waals surface area contributed by atoms with E-state index in [1.54, 1.807) is 6.07 Å². The Labute approximate surface area is 137 Å². The van der Waals surface area contributed by atoms with Gasteiger partial charge in [0, 0.05) is 32.2 Å². The lowest BCUT2D eigenvalue weighted by Gasteiger charge is -2.35. The van der Waals surface area contributed by atoms with Gasteiger partial charge < -0.3 is 14.8 Å². The van der Waals surface area contributed by atoms with Crippen LogP contribution in [0.15, 0.2) is 42.6 Å². The minimum Gasteiger partial charge on any atom is -0.353 e. The van der Waals surface area contributed by atoms with Gasteiger partial charge in [-0.25, -0.2) is 9.97 Å². The van der Waals surface area contributed by atoms with Crippen LogP contribution >= 0.6 is 0 Å². The molecule has 8 heteroatoms. The summed E-state index contributed by atoms with van der Waals surface area (Å²) in [7, 11) is 0. The van der Waals surface area contributed by atoms with Crippen molar-refractivity contribution in [2.24, 2.45) is 0 Å². The quantitative estimate of drug-likeness (QED) is 0.586. The molecule has 1 aliphatic rings. The third-order valence-corrected chi connectivity index (χ3v) is 4.22. The van der Waals surface area contributed by atoms with Crippen LogP contribution in [0.2, 0.25) is 0 Å². The van der Waals surface area contributed by atoms with Crippen molar-refractivity contribution >= 4 is 28.5 Å². The molecule has 1 aromatic carbocycles. The molecule has 3 heterocycles. The molecule has 24 heavy (non-hydrogen) atoms. The largest absolute Gasteiger partial charge is 0.353 e. The number of anilines is 2. The van der Waals surface area contributed by atoms with Crippen LogP contribution in [0.5, 0.6) is 0 Å². The maximum Gasteiger partial charge on any atom is 0.287 e. The Morgan fingerprint density at radius 1 is 1.04 bits per heavy atom. The second-order valence-corrected chi connectivity index (χ2v) is 5.68. The van der Waals surface area contributed by atoms with Gasteiger partial charge in [0.2, 0.25) is 5.95 Å². The summed E-state index contributed by atoms with van der Waals surface area (Å²) in [6.45, 7) is 3.22. The summed E-state index contributed by atoms with van der Waals surface area (Å²) in [6, 6.07) is 11.2. The van der Waals surface area contributed by atoms with E-state index in [9.17, 15) is 10.1 Å². The number of piperazine rings is 1. The number of rotatable bonds is 3. The van der Waals surface area contributed by atoms with E-state index in [0.717, 1.165) is 49.0 Å². The van der Waals surface area contributed by atoms with Crippen LogP contribution in [-0.4, -0.2) is 46.1 Å². The highest BCUT2D eigenvalue weighted by atomic mass is 16.6. The van der Waals surface area contributed by atoms with Gasteiger partial charge in [0.25, 0.3) is 5.69 Å². The summed E-state index contributed by atoms with van der Waals surface area (Å²) in [5.74, 6) is 1.65. The maximum atomic E-state index is 10.7. The zero-order chi connectivity index (χ0) is 16.5. The van der Waals surface area contributed by atoms with Gasteiger partial charge >= 0.3 is 0 Å². The van der Waals surface area contributed by atoms with Crippen molar-refractivity contribution in [3.63, 3.8) is 0 Å². The molecule has 0 saturated carbocycles. The van der Waals surface area contributed by atoms with Gasteiger partial charge in [0.1, 0.15) is 12.0 Å². The van der Waals surface area contributed by atoms with Crippen LogP contribution < -0.4 is 9.80 Å². The van der Waals surface area contributed by atoms with E-state index in [-0.39, 0.29) is 5.69 Å². The third-order valence-electron chi connectivity index (χ3n) is 4.22. The molecule has 3 aromatic rings. The highest BCUT2D eigenvalue weighted by Crippen LogP contribution is 2.21. The number of nitro groups is 1. The average molecular weight is 324 g/mol. The summed E-state index contributed by atoms with van der Waals surface area (Å²) in [5.41, 5.74) is 2.01. The summed E-state index contributed by atoms with van der Waals surface area (Å²) in [5, 5.41) is 10.7. The van der Waals surface area contributed by atoms with E-state index in [1.165, 1.54) is 12.3 Å². The van der Waals surface area contributed by atoms with E-state index in [2.05, 4.69) is 24.8 Å². The van der Waals surface area contributed by atoms with Gasteiger partial charge in [-0.2, -0.15) is 0 Å². The molecule has 0 amide bonds. The second kappa shape index (κ2) is 5.80. The molecular formula is C16H16N6O2. The fourth-order valence-corrected chi connectivity index (χ4v) is 2.91. The van der Waals surface area contributed by atoms with Gasteiger partial charge in [0.15, 0.2) is 0 Å².